The highest BCUT2D eigenvalue weighted by atomic mass is 16.5. The molecule has 0 spiro atoms. The maximum absolute atomic E-state index is 13.2. The molecule has 5 atom stereocenters. The highest BCUT2D eigenvalue weighted by Crippen LogP contribution is 2.46. The number of hydrogen-bond donors (Lipinski definition) is 0. The van der Waals surface area contributed by atoms with E-state index in [2.05, 4.69) is 54.0 Å². The first-order chi connectivity index (χ1) is 13.6. The summed E-state index contributed by atoms with van der Waals surface area (Å²) < 4.78 is 5.82. The Morgan fingerprint density at radius 2 is 1.68 bits per heavy atom. The lowest BCUT2D eigenvalue weighted by molar-refractivity contribution is -0.145. The molecule has 5 aliphatic heterocycles. The molecule has 5 nitrogen and oxygen atoms in total. The van der Waals surface area contributed by atoms with Crippen LogP contribution in [0.1, 0.15) is 38.2 Å². The second-order valence-corrected chi connectivity index (χ2v) is 9.36. The summed E-state index contributed by atoms with van der Waals surface area (Å²) in [4.78, 5) is 20.5. The van der Waals surface area contributed by atoms with Crippen molar-refractivity contribution < 1.29 is 9.53 Å². The van der Waals surface area contributed by atoms with Crippen LogP contribution in [0.25, 0.3) is 0 Å². The van der Waals surface area contributed by atoms with Crippen LogP contribution in [0, 0.1) is 5.92 Å². The minimum absolute atomic E-state index is 0.132. The van der Waals surface area contributed by atoms with Crippen molar-refractivity contribution in [1.82, 2.24) is 14.7 Å². The van der Waals surface area contributed by atoms with Crippen LogP contribution < -0.4 is 0 Å². The normalized spacial score (nSPS) is 40.5. The molecule has 0 unspecified atom stereocenters. The van der Waals surface area contributed by atoms with Gasteiger partial charge in [-0.1, -0.05) is 30.3 Å². The van der Waals surface area contributed by atoms with Crippen LogP contribution in [0.5, 0.6) is 0 Å². The van der Waals surface area contributed by atoms with Gasteiger partial charge in [-0.3, -0.25) is 14.6 Å². The first-order valence-electron chi connectivity index (χ1n) is 11.1. The number of amides is 1. The number of benzene rings is 1. The standard InChI is InChI=1S/C23H33N3O2/c1-16-12-25(13-17(2)28-16)21(27)15-26-14-20(18-6-4-3-5-7-18)23-22(26)19-8-10-24(23)11-9-19/h3-7,16-17,19-20,22-23H,8-15H2,1-2H3/t16-,17+,20-,22+,23+/m0/s1. The highest BCUT2D eigenvalue weighted by Gasteiger charge is 2.53. The van der Waals surface area contributed by atoms with E-state index in [1.54, 1.807) is 0 Å². The average Bonchev–Trinajstić information content (AvgIpc) is 3.10. The van der Waals surface area contributed by atoms with E-state index in [9.17, 15) is 4.79 Å². The number of carbonyl (C=O) groups excluding carboxylic acids is 1. The van der Waals surface area contributed by atoms with Gasteiger partial charge in [-0.15, -0.1) is 0 Å². The average molecular weight is 384 g/mol. The zero-order chi connectivity index (χ0) is 19.3. The van der Waals surface area contributed by atoms with Crippen LogP contribution in [-0.2, 0) is 9.53 Å². The smallest absolute Gasteiger partial charge is 0.236 e. The van der Waals surface area contributed by atoms with E-state index >= 15 is 0 Å². The van der Waals surface area contributed by atoms with Crippen LogP contribution in [0.3, 0.4) is 0 Å². The van der Waals surface area contributed by atoms with E-state index in [1.165, 1.54) is 31.5 Å². The fraction of sp³-hybridized carbons (Fsp3) is 0.696. The lowest BCUT2D eigenvalue weighted by Crippen LogP contribution is -2.61. The number of rotatable bonds is 3. The van der Waals surface area contributed by atoms with Crippen molar-refractivity contribution in [2.75, 3.05) is 39.3 Å². The van der Waals surface area contributed by atoms with Gasteiger partial charge >= 0.3 is 0 Å². The summed E-state index contributed by atoms with van der Waals surface area (Å²) in [5.74, 6) is 1.55. The molecule has 5 heterocycles. The lowest BCUT2D eigenvalue weighted by Gasteiger charge is -2.51. The summed E-state index contributed by atoms with van der Waals surface area (Å²) in [7, 11) is 0. The minimum Gasteiger partial charge on any atom is -0.372 e. The van der Waals surface area contributed by atoms with Crippen molar-refractivity contribution in [3.05, 3.63) is 35.9 Å². The second kappa shape index (κ2) is 7.43. The Morgan fingerprint density at radius 3 is 2.36 bits per heavy atom. The fourth-order valence-electron chi connectivity index (χ4n) is 6.37. The van der Waals surface area contributed by atoms with Crippen LogP contribution in [0.2, 0.25) is 0 Å². The molecule has 1 aromatic rings. The van der Waals surface area contributed by atoms with Crippen LogP contribution >= 0.6 is 0 Å². The summed E-state index contributed by atoms with van der Waals surface area (Å²) >= 11 is 0. The van der Waals surface area contributed by atoms with E-state index in [0.717, 1.165) is 25.6 Å². The van der Waals surface area contributed by atoms with Gasteiger partial charge in [0.25, 0.3) is 0 Å². The van der Waals surface area contributed by atoms with Gasteiger partial charge in [0.2, 0.25) is 5.91 Å². The molecule has 0 radical (unpaired) electrons. The number of piperidine rings is 3. The molecule has 0 saturated carbocycles. The molecule has 5 saturated heterocycles. The summed E-state index contributed by atoms with van der Waals surface area (Å²) in [5, 5.41) is 0. The number of nitrogens with zero attached hydrogens (tertiary/aromatic N) is 3. The third-order valence-electron chi connectivity index (χ3n) is 7.43. The molecule has 152 valence electrons. The zero-order valence-electron chi connectivity index (χ0n) is 17.2. The van der Waals surface area contributed by atoms with Crippen molar-refractivity contribution >= 4 is 5.91 Å². The van der Waals surface area contributed by atoms with Gasteiger partial charge in [-0.2, -0.15) is 0 Å². The van der Waals surface area contributed by atoms with Gasteiger partial charge in [0.1, 0.15) is 0 Å². The molecule has 28 heavy (non-hydrogen) atoms. The van der Waals surface area contributed by atoms with Crippen molar-refractivity contribution in [3.63, 3.8) is 0 Å². The molecule has 0 aromatic heterocycles. The Morgan fingerprint density at radius 1 is 1.00 bits per heavy atom. The van der Waals surface area contributed by atoms with Gasteiger partial charge < -0.3 is 9.64 Å². The maximum atomic E-state index is 13.2. The molecule has 5 aliphatic rings. The van der Waals surface area contributed by atoms with E-state index in [-0.39, 0.29) is 18.1 Å². The summed E-state index contributed by atoms with van der Waals surface area (Å²) in [6.07, 6.45) is 2.85. The van der Waals surface area contributed by atoms with Crippen molar-refractivity contribution in [1.29, 1.82) is 0 Å². The van der Waals surface area contributed by atoms with E-state index in [4.69, 9.17) is 4.74 Å². The molecular formula is C23H33N3O2. The van der Waals surface area contributed by atoms with E-state index in [1.807, 2.05) is 4.90 Å². The molecule has 1 aromatic carbocycles. The molecule has 6 rings (SSSR count). The fourth-order valence-corrected chi connectivity index (χ4v) is 6.37. The molecule has 1 amide bonds. The SMILES string of the molecule is C[C@@H]1CN(C(=O)CN2C[C@@H](c3ccccc3)[C@@H]3[C@H]2C2CCN3CC2)C[C@H](C)O1. The summed E-state index contributed by atoms with van der Waals surface area (Å²) in [6.45, 7) is 9.62. The Labute approximate surface area is 168 Å². The first kappa shape index (κ1) is 18.6. The number of ether oxygens (including phenoxy) is 1. The van der Waals surface area contributed by atoms with Crippen LogP contribution in [0.15, 0.2) is 30.3 Å². The third kappa shape index (κ3) is 3.27. The van der Waals surface area contributed by atoms with Gasteiger partial charge in [0.05, 0.1) is 18.8 Å². The topological polar surface area (TPSA) is 36.0 Å². The molecule has 2 bridgehead atoms. The van der Waals surface area contributed by atoms with Crippen LogP contribution in [0.4, 0.5) is 0 Å². The summed E-state index contributed by atoms with van der Waals surface area (Å²) in [5.41, 5.74) is 1.44. The van der Waals surface area contributed by atoms with Crippen LogP contribution in [-0.4, -0.2) is 84.2 Å². The predicted molar refractivity (Wildman–Crippen MR) is 109 cm³/mol. The first-order valence-corrected chi connectivity index (χ1v) is 11.1. The number of morpholine rings is 1. The van der Waals surface area contributed by atoms with Gasteiger partial charge in [0.15, 0.2) is 0 Å². The van der Waals surface area contributed by atoms with E-state index < -0.39 is 0 Å². The lowest BCUT2D eigenvalue weighted by atomic mass is 9.75. The van der Waals surface area contributed by atoms with E-state index in [0.29, 0.717) is 24.5 Å². The van der Waals surface area contributed by atoms with Crippen molar-refractivity contribution in [2.45, 2.75) is 56.9 Å². The Balaban J connectivity index is 1.36. The quantitative estimate of drug-likeness (QED) is 0.802. The molecule has 0 aliphatic carbocycles. The third-order valence-corrected chi connectivity index (χ3v) is 7.43. The molecular weight excluding hydrogens is 350 g/mol. The number of carbonyl (C=O) groups is 1. The molecule has 0 N–H and O–H groups in total. The summed E-state index contributed by atoms with van der Waals surface area (Å²) in [6, 6.07) is 12.1. The maximum Gasteiger partial charge on any atom is 0.236 e. The largest absolute Gasteiger partial charge is 0.372 e. The van der Waals surface area contributed by atoms with Gasteiger partial charge in [-0.05, 0) is 51.3 Å². The molecule has 5 fully saturated rings. The monoisotopic (exact) mass is 383 g/mol. The minimum atomic E-state index is 0.132. The van der Waals surface area contributed by atoms with Gasteiger partial charge in [0, 0.05) is 37.6 Å². The Bertz CT molecular complexity index is 693. The second-order valence-electron chi connectivity index (χ2n) is 9.36. The predicted octanol–water partition coefficient (Wildman–Crippen LogP) is 2.18. The zero-order valence-corrected chi connectivity index (χ0v) is 17.2. The number of fused-ring (bicyclic) bond motifs is 2. The Kier molecular flexibility index (Phi) is 4.93. The van der Waals surface area contributed by atoms with Crippen molar-refractivity contribution in [3.8, 4) is 0 Å². The van der Waals surface area contributed by atoms with Gasteiger partial charge in [-0.25, -0.2) is 0 Å². The number of hydrogen-bond acceptors (Lipinski definition) is 4. The highest BCUT2D eigenvalue weighted by molar-refractivity contribution is 5.78. The number of likely N-dealkylation sites (tertiary alicyclic amines) is 1. The Hall–Kier alpha value is -1.43. The molecule has 5 heteroatoms. The van der Waals surface area contributed by atoms with Crippen molar-refractivity contribution in [2.24, 2.45) is 5.92 Å².